The molecule has 0 unspecified atom stereocenters. The highest BCUT2D eigenvalue weighted by Crippen LogP contribution is 2.37. The molecule has 0 spiro atoms. The third kappa shape index (κ3) is 6.66. The Labute approximate surface area is 204 Å². The minimum atomic E-state index is -4.39. The summed E-state index contributed by atoms with van der Waals surface area (Å²) < 4.78 is 38.6. The van der Waals surface area contributed by atoms with Crippen LogP contribution in [0.15, 0.2) is 48.7 Å². The van der Waals surface area contributed by atoms with E-state index in [1.165, 1.54) is 25.3 Å². The Morgan fingerprint density at radius 1 is 0.943 bits per heavy atom. The van der Waals surface area contributed by atoms with E-state index in [0.29, 0.717) is 32.0 Å². The Balaban J connectivity index is 1.34. The maximum absolute atomic E-state index is 12.9. The van der Waals surface area contributed by atoms with Gasteiger partial charge in [0, 0.05) is 44.3 Å². The average Bonchev–Trinajstić information content (AvgIpc) is 2.88. The van der Waals surface area contributed by atoms with Crippen molar-refractivity contribution >= 4 is 11.8 Å². The lowest BCUT2D eigenvalue weighted by molar-refractivity contribution is -0.137. The number of nitrogens with zero attached hydrogens (tertiary/aromatic N) is 3. The molecule has 2 saturated heterocycles. The molecule has 0 radical (unpaired) electrons. The lowest BCUT2D eigenvalue weighted by Gasteiger charge is -2.43. The van der Waals surface area contributed by atoms with Gasteiger partial charge in [-0.1, -0.05) is 36.8 Å². The van der Waals surface area contributed by atoms with E-state index < -0.39 is 11.7 Å². The molecule has 9 heteroatoms. The van der Waals surface area contributed by atoms with Gasteiger partial charge in [0.2, 0.25) is 0 Å². The molecule has 1 aromatic heterocycles. The second-order valence-electron chi connectivity index (χ2n) is 9.55. The number of carbonyl (C=O) groups excluding carboxylic acids is 1. The van der Waals surface area contributed by atoms with Crippen LogP contribution in [0.4, 0.5) is 23.8 Å². The summed E-state index contributed by atoms with van der Waals surface area (Å²) in [7, 11) is 0. The fourth-order valence-electron chi connectivity index (χ4n) is 5.09. The van der Waals surface area contributed by atoms with Crippen LogP contribution in [-0.4, -0.2) is 61.7 Å². The van der Waals surface area contributed by atoms with Crippen LogP contribution >= 0.6 is 0 Å². The summed E-state index contributed by atoms with van der Waals surface area (Å²) in [5.74, 6) is 0.545. The number of rotatable bonds is 7. The molecule has 4 rings (SSSR count). The van der Waals surface area contributed by atoms with Crippen LogP contribution in [0.5, 0.6) is 0 Å². The first kappa shape index (κ1) is 25.3. The predicted octanol–water partition coefficient (Wildman–Crippen LogP) is 4.42. The maximum atomic E-state index is 12.9. The number of hydrogen-bond acceptors (Lipinski definition) is 4. The predicted molar refractivity (Wildman–Crippen MR) is 130 cm³/mol. The van der Waals surface area contributed by atoms with Gasteiger partial charge >= 0.3 is 12.2 Å². The SMILES string of the molecule is O=C(NCCN1CCCCC1)NCC1(c2ccccc2)CCN(c2ccc(C(F)(F)F)cn2)CC1. The first-order valence-electron chi connectivity index (χ1n) is 12.4. The number of pyridine rings is 1. The zero-order chi connectivity index (χ0) is 24.7. The Kier molecular flexibility index (Phi) is 8.15. The maximum Gasteiger partial charge on any atom is 0.417 e. The fourth-order valence-corrected chi connectivity index (χ4v) is 5.09. The van der Waals surface area contributed by atoms with Crippen molar-refractivity contribution in [1.29, 1.82) is 0 Å². The lowest BCUT2D eigenvalue weighted by Crippen LogP contribution is -2.51. The number of alkyl halides is 3. The molecule has 0 atom stereocenters. The molecular formula is C26H34F3N5O. The van der Waals surface area contributed by atoms with Crippen molar-refractivity contribution in [2.24, 2.45) is 0 Å². The topological polar surface area (TPSA) is 60.5 Å². The van der Waals surface area contributed by atoms with Crippen molar-refractivity contribution in [3.8, 4) is 0 Å². The van der Waals surface area contributed by atoms with Gasteiger partial charge in [-0.3, -0.25) is 0 Å². The number of aromatic nitrogens is 1. The van der Waals surface area contributed by atoms with Crippen LogP contribution in [0.3, 0.4) is 0 Å². The highest BCUT2D eigenvalue weighted by atomic mass is 19.4. The van der Waals surface area contributed by atoms with Crippen LogP contribution in [0, 0.1) is 0 Å². The van der Waals surface area contributed by atoms with E-state index in [0.717, 1.165) is 50.3 Å². The summed E-state index contributed by atoms with van der Waals surface area (Å²) in [6.45, 7) is 5.48. The van der Waals surface area contributed by atoms with Crippen molar-refractivity contribution in [3.63, 3.8) is 0 Å². The van der Waals surface area contributed by atoms with Gasteiger partial charge in [0.1, 0.15) is 5.82 Å². The molecule has 2 aliphatic heterocycles. The number of urea groups is 1. The number of piperidine rings is 2. The van der Waals surface area contributed by atoms with E-state index in [9.17, 15) is 18.0 Å². The van der Waals surface area contributed by atoms with Gasteiger partial charge in [-0.25, -0.2) is 9.78 Å². The van der Waals surface area contributed by atoms with Crippen LogP contribution in [0.2, 0.25) is 0 Å². The highest BCUT2D eigenvalue weighted by Gasteiger charge is 2.37. The Morgan fingerprint density at radius 2 is 1.66 bits per heavy atom. The number of anilines is 1. The second kappa shape index (κ2) is 11.3. The number of hydrogen-bond donors (Lipinski definition) is 2. The van der Waals surface area contributed by atoms with E-state index in [2.05, 4.69) is 32.7 Å². The van der Waals surface area contributed by atoms with Crippen molar-refractivity contribution in [2.45, 2.75) is 43.7 Å². The number of carbonyl (C=O) groups is 1. The van der Waals surface area contributed by atoms with Crippen molar-refractivity contribution in [1.82, 2.24) is 20.5 Å². The van der Waals surface area contributed by atoms with Crippen LogP contribution in [0.25, 0.3) is 0 Å². The molecule has 2 aliphatic rings. The molecule has 0 bridgehead atoms. The Bertz CT molecular complexity index is 938. The molecule has 0 saturated carbocycles. The number of halogens is 3. The molecule has 35 heavy (non-hydrogen) atoms. The van der Waals surface area contributed by atoms with Crippen molar-refractivity contribution in [2.75, 3.05) is 50.7 Å². The molecule has 3 heterocycles. The molecule has 190 valence electrons. The van der Waals surface area contributed by atoms with Gasteiger partial charge < -0.3 is 20.4 Å². The molecular weight excluding hydrogens is 455 g/mol. The van der Waals surface area contributed by atoms with Gasteiger partial charge in [0.15, 0.2) is 0 Å². The average molecular weight is 490 g/mol. The summed E-state index contributed by atoms with van der Waals surface area (Å²) in [6, 6.07) is 12.5. The minimum absolute atomic E-state index is 0.163. The fraction of sp³-hybridized carbons (Fsp3) is 0.538. The molecule has 2 amide bonds. The third-order valence-corrected chi connectivity index (χ3v) is 7.26. The lowest BCUT2D eigenvalue weighted by atomic mass is 9.72. The smallest absolute Gasteiger partial charge is 0.357 e. The van der Waals surface area contributed by atoms with Crippen LogP contribution < -0.4 is 15.5 Å². The van der Waals surface area contributed by atoms with E-state index >= 15 is 0 Å². The van der Waals surface area contributed by atoms with Crippen molar-refractivity contribution < 1.29 is 18.0 Å². The summed E-state index contributed by atoms with van der Waals surface area (Å²) in [5, 5.41) is 6.07. The summed E-state index contributed by atoms with van der Waals surface area (Å²) >= 11 is 0. The van der Waals surface area contributed by atoms with E-state index in [4.69, 9.17) is 0 Å². The normalized spacial score (nSPS) is 18.8. The zero-order valence-electron chi connectivity index (χ0n) is 20.0. The van der Waals surface area contributed by atoms with Crippen LogP contribution in [-0.2, 0) is 11.6 Å². The first-order valence-corrected chi connectivity index (χ1v) is 12.4. The Morgan fingerprint density at radius 3 is 2.29 bits per heavy atom. The summed E-state index contributed by atoms with van der Waals surface area (Å²) in [4.78, 5) is 21.0. The minimum Gasteiger partial charge on any atom is -0.357 e. The molecule has 1 aromatic carbocycles. The molecule has 2 fully saturated rings. The van der Waals surface area contributed by atoms with Gasteiger partial charge in [-0.15, -0.1) is 0 Å². The van der Waals surface area contributed by atoms with Gasteiger partial charge in [0.25, 0.3) is 0 Å². The van der Waals surface area contributed by atoms with E-state index in [1.807, 2.05) is 23.1 Å². The van der Waals surface area contributed by atoms with Gasteiger partial charge in [-0.05, 0) is 56.5 Å². The summed E-state index contributed by atoms with van der Waals surface area (Å²) in [5.41, 5.74) is 0.175. The molecule has 6 nitrogen and oxygen atoms in total. The molecule has 0 aliphatic carbocycles. The first-order chi connectivity index (χ1) is 16.9. The quantitative estimate of drug-likeness (QED) is 0.605. The molecule has 2 aromatic rings. The standard InChI is InChI=1S/C26H34F3N5O/c27-26(28,29)22-9-10-23(31-19-22)34-16-11-25(12-17-34,21-7-3-1-4-8-21)20-32-24(35)30-13-18-33-14-5-2-6-15-33/h1,3-4,7-10,19H,2,5-6,11-18,20H2,(H2,30,32,35). The largest absolute Gasteiger partial charge is 0.417 e. The van der Waals surface area contributed by atoms with E-state index in [-0.39, 0.29) is 11.4 Å². The van der Waals surface area contributed by atoms with Crippen LogP contribution in [0.1, 0.15) is 43.2 Å². The number of nitrogens with one attached hydrogen (secondary N) is 2. The zero-order valence-corrected chi connectivity index (χ0v) is 20.0. The number of benzene rings is 1. The highest BCUT2D eigenvalue weighted by molar-refractivity contribution is 5.74. The molecule has 2 N–H and O–H groups in total. The second-order valence-corrected chi connectivity index (χ2v) is 9.55. The van der Waals surface area contributed by atoms with E-state index in [1.54, 1.807) is 0 Å². The Hall–Kier alpha value is -2.81. The summed E-state index contributed by atoms with van der Waals surface area (Å²) in [6.07, 6.45) is 1.76. The number of likely N-dealkylation sites (tertiary alicyclic amines) is 1. The van der Waals surface area contributed by atoms with Gasteiger partial charge in [0.05, 0.1) is 5.56 Å². The number of amides is 2. The third-order valence-electron chi connectivity index (χ3n) is 7.26. The van der Waals surface area contributed by atoms with Gasteiger partial charge in [-0.2, -0.15) is 13.2 Å². The monoisotopic (exact) mass is 489 g/mol. The van der Waals surface area contributed by atoms with Crippen molar-refractivity contribution in [3.05, 3.63) is 59.8 Å².